The highest BCUT2D eigenvalue weighted by Gasteiger charge is 2.40. The lowest BCUT2D eigenvalue weighted by Crippen LogP contribution is -2.30. The van der Waals surface area contributed by atoms with Crippen LogP contribution in [0.3, 0.4) is 0 Å². The van der Waals surface area contributed by atoms with Gasteiger partial charge in [0.25, 0.3) is 0 Å². The monoisotopic (exact) mass is 187 g/mol. The second-order valence-electron chi connectivity index (χ2n) is 3.97. The molecule has 1 N–H and O–H groups in total. The van der Waals surface area contributed by atoms with Crippen LogP contribution in [0.15, 0.2) is 24.5 Å². The number of pyridine rings is 1. The van der Waals surface area contributed by atoms with Gasteiger partial charge in [0, 0.05) is 30.9 Å². The van der Waals surface area contributed by atoms with Crippen molar-refractivity contribution in [2.24, 2.45) is 5.92 Å². The minimum absolute atomic E-state index is 0.0479. The van der Waals surface area contributed by atoms with Crippen LogP contribution in [0, 0.1) is 17.2 Å². The lowest BCUT2D eigenvalue weighted by Gasteiger charge is -2.26. The first kappa shape index (κ1) is 9.17. The molecule has 1 aliphatic heterocycles. The second-order valence-corrected chi connectivity index (χ2v) is 3.97. The largest absolute Gasteiger partial charge is 0.314 e. The minimum Gasteiger partial charge on any atom is -0.314 e. The maximum absolute atomic E-state index is 9.05. The Balaban J connectivity index is 2.38. The Morgan fingerprint density at radius 2 is 2.57 bits per heavy atom. The van der Waals surface area contributed by atoms with Gasteiger partial charge >= 0.3 is 0 Å². The van der Waals surface area contributed by atoms with Gasteiger partial charge in [-0.2, -0.15) is 5.26 Å². The molecule has 2 rings (SSSR count). The van der Waals surface area contributed by atoms with Gasteiger partial charge in [-0.15, -0.1) is 0 Å². The van der Waals surface area contributed by atoms with Gasteiger partial charge in [0.2, 0.25) is 0 Å². The van der Waals surface area contributed by atoms with Crippen molar-refractivity contribution >= 4 is 0 Å². The van der Waals surface area contributed by atoms with Crippen LogP contribution in [0.4, 0.5) is 0 Å². The highest BCUT2D eigenvalue weighted by atomic mass is 14.9. The van der Waals surface area contributed by atoms with E-state index in [2.05, 4.69) is 23.3 Å². The van der Waals surface area contributed by atoms with E-state index >= 15 is 0 Å². The maximum Gasteiger partial charge on any atom is 0.0694 e. The summed E-state index contributed by atoms with van der Waals surface area (Å²) in [6.45, 7) is 3.76. The molecule has 72 valence electrons. The van der Waals surface area contributed by atoms with Crippen LogP contribution in [0.2, 0.25) is 0 Å². The summed E-state index contributed by atoms with van der Waals surface area (Å²) in [6, 6.07) is 6.33. The van der Waals surface area contributed by atoms with Crippen molar-refractivity contribution in [2.45, 2.75) is 12.3 Å². The van der Waals surface area contributed by atoms with Gasteiger partial charge in [-0.05, 0) is 11.6 Å². The Morgan fingerprint density at radius 3 is 3.21 bits per heavy atom. The van der Waals surface area contributed by atoms with Gasteiger partial charge in [-0.25, -0.2) is 0 Å². The van der Waals surface area contributed by atoms with E-state index in [9.17, 15) is 0 Å². The Morgan fingerprint density at radius 1 is 1.71 bits per heavy atom. The molecule has 2 atom stereocenters. The van der Waals surface area contributed by atoms with E-state index in [4.69, 9.17) is 5.26 Å². The average Bonchev–Trinajstić information content (AvgIpc) is 2.62. The number of aromatic nitrogens is 1. The quantitative estimate of drug-likeness (QED) is 0.715. The Kier molecular flexibility index (Phi) is 2.22. The molecule has 1 aliphatic rings. The molecule has 3 nitrogen and oxygen atoms in total. The first-order valence-electron chi connectivity index (χ1n) is 4.78. The fourth-order valence-electron chi connectivity index (χ4n) is 2.02. The highest BCUT2D eigenvalue weighted by Crippen LogP contribution is 2.34. The van der Waals surface area contributed by atoms with Gasteiger partial charge in [0.15, 0.2) is 0 Å². The molecule has 0 saturated carbocycles. The number of nitrogens with zero attached hydrogens (tertiary/aromatic N) is 2. The molecule has 0 bridgehead atoms. The standard InChI is InChI=1S/C11H13N3/c1-11(8-14-7-10(11)5-12)9-3-2-4-13-6-9/h2-4,6,10,14H,7-8H2,1H3/t10-,11+/m1/s1. The zero-order valence-corrected chi connectivity index (χ0v) is 8.20. The summed E-state index contributed by atoms with van der Waals surface area (Å²) in [7, 11) is 0. The number of rotatable bonds is 1. The number of nitriles is 1. The van der Waals surface area contributed by atoms with E-state index in [0.29, 0.717) is 0 Å². The van der Waals surface area contributed by atoms with Gasteiger partial charge in [0.05, 0.1) is 12.0 Å². The SMILES string of the molecule is C[C@@]1(c2cccnc2)CNC[C@H]1C#N. The van der Waals surface area contributed by atoms with Gasteiger partial charge in [-0.3, -0.25) is 4.98 Å². The third kappa shape index (κ3) is 1.28. The van der Waals surface area contributed by atoms with E-state index in [-0.39, 0.29) is 11.3 Å². The van der Waals surface area contributed by atoms with E-state index in [1.54, 1.807) is 6.20 Å². The Bertz CT molecular complexity index is 355. The molecule has 3 heteroatoms. The molecule has 1 aromatic heterocycles. The normalized spacial score (nSPS) is 31.3. The van der Waals surface area contributed by atoms with E-state index in [1.165, 1.54) is 0 Å². The molecule has 1 fully saturated rings. The van der Waals surface area contributed by atoms with Crippen LogP contribution in [0.25, 0.3) is 0 Å². The van der Waals surface area contributed by atoms with Crippen LogP contribution >= 0.6 is 0 Å². The number of nitrogens with one attached hydrogen (secondary N) is 1. The molecule has 14 heavy (non-hydrogen) atoms. The third-order valence-electron chi connectivity index (χ3n) is 3.09. The maximum atomic E-state index is 9.05. The van der Waals surface area contributed by atoms with Crippen molar-refractivity contribution in [1.82, 2.24) is 10.3 Å². The lowest BCUT2D eigenvalue weighted by atomic mass is 9.75. The van der Waals surface area contributed by atoms with E-state index in [1.807, 2.05) is 18.3 Å². The van der Waals surface area contributed by atoms with Crippen molar-refractivity contribution in [1.29, 1.82) is 5.26 Å². The number of hydrogen-bond donors (Lipinski definition) is 1. The molecule has 0 aliphatic carbocycles. The Labute approximate surface area is 83.8 Å². The highest BCUT2D eigenvalue weighted by molar-refractivity contribution is 5.27. The summed E-state index contributed by atoms with van der Waals surface area (Å²) in [5.74, 6) is 0.0479. The van der Waals surface area contributed by atoms with Crippen LogP contribution in [-0.2, 0) is 5.41 Å². The molecular weight excluding hydrogens is 174 g/mol. The third-order valence-corrected chi connectivity index (χ3v) is 3.09. The van der Waals surface area contributed by atoms with Crippen molar-refractivity contribution < 1.29 is 0 Å². The minimum atomic E-state index is -0.0803. The van der Waals surface area contributed by atoms with Crippen LogP contribution in [0.1, 0.15) is 12.5 Å². The van der Waals surface area contributed by atoms with E-state index < -0.39 is 0 Å². The average molecular weight is 187 g/mol. The van der Waals surface area contributed by atoms with Gasteiger partial charge in [-0.1, -0.05) is 13.0 Å². The predicted octanol–water partition coefficient (Wildman–Crippen LogP) is 1.08. The summed E-state index contributed by atoms with van der Waals surface area (Å²) in [6.07, 6.45) is 3.62. The molecule has 0 unspecified atom stereocenters. The molecule has 1 saturated heterocycles. The van der Waals surface area contributed by atoms with Crippen LogP contribution in [-0.4, -0.2) is 18.1 Å². The fourth-order valence-corrected chi connectivity index (χ4v) is 2.02. The topological polar surface area (TPSA) is 48.7 Å². The summed E-state index contributed by atoms with van der Waals surface area (Å²) in [5, 5.41) is 12.3. The van der Waals surface area contributed by atoms with Gasteiger partial charge < -0.3 is 5.32 Å². The lowest BCUT2D eigenvalue weighted by molar-refractivity contribution is 0.447. The van der Waals surface area contributed by atoms with Crippen LogP contribution in [0.5, 0.6) is 0 Å². The molecule has 0 spiro atoms. The first-order chi connectivity index (χ1) is 6.77. The summed E-state index contributed by atoms with van der Waals surface area (Å²) in [5.41, 5.74) is 1.07. The molecular formula is C11H13N3. The molecule has 2 heterocycles. The molecule has 0 radical (unpaired) electrons. The molecule has 0 amide bonds. The fraction of sp³-hybridized carbons (Fsp3) is 0.455. The van der Waals surface area contributed by atoms with Crippen molar-refractivity contribution in [2.75, 3.05) is 13.1 Å². The number of hydrogen-bond acceptors (Lipinski definition) is 3. The second kappa shape index (κ2) is 3.39. The van der Waals surface area contributed by atoms with E-state index in [0.717, 1.165) is 18.7 Å². The summed E-state index contributed by atoms with van der Waals surface area (Å²) >= 11 is 0. The molecule has 1 aromatic rings. The predicted molar refractivity (Wildman–Crippen MR) is 53.6 cm³/mol. The van der Waals surface area contributed by atoms with Gasteiger partial charge in [0.1, 0.15) is 0 Å². The Hall–Kier alpha value is -1.40. The zero-order chi connectivity index (χ0) is 10.0. The summed E-state index contributed by atoms with van der Waals surface area (Å²) in [4.78, 5) is 4.11. The molecule has 0 aromatic carbocycles. The summed E-state index contributed by atoms with van der Waals surface area (Å²) < 4.78 is 0. The first-order valence-corrected chi connectivity index (χ1v) is 4.78. The van der Waals surface area contributed by atoms with Crippen molar-refractivity contribution in [3.63, 3.8) is 0 Å². The van der Waals surface area contributed by atoms with Crippen LogP contribution < -0.4 is 5.32 Å². The van der Waals surface area contributed by atoms with Crippen molar-refractivity contribution in [3.8, 4) is 6.07 Å². The van der Waals surface area contributed by atoms with Crippen molar-refractivity contribution in [3.05, 3.63) is 30.1 Å². The zero-order valence-electron chi connectivity index (χ0n) is 8.20. The smallest absolute Gasteiger partial charge is 0.0694 e.